The third-order valence-corrected chi connectivity index (χ3v) is 5.93. The van der Waals surface area contributed by atoms with E-state index >= 15 is 0 Å². The van der Waals surface area contributed by atoms with Gasteiger partial charge in [-0.05, 0) is 6.07 Å². The van der Waals surface area contributed by atoms with Gasteiger partial charge in [-0.1, -0.05) is 23.5 Å². The van der Waals surface area contributed by atoms with E-state index in [9.17, 15) is 4.79 Å². The molecule has 0 radical (unpaired) electrons. The van der Waals surface area contributed by atoms with Crippen molar-refractivity contribution in [2.75, 3.05) is 50.7 Å². The maximum Gasteiger partial charge on any atom is 0.226 e. The number of thiazole rings is 1. The van der Waals surface area contributed by atoms with E-state index in [4.69, 9.17) is 14.2 Å². The third-order valence-electron chi connectivity index (χ3n) is 4.70. The van der Waals surface area contributed by atoms with Crippen molar-refractivity contribution in [2.24, 2.45) is 0 Å². The first-order valence-electron chi connectivity index (χ1n) is 8.55. The number of carbonyl (C=O) groups excluding carboxylic acids is 1. The Morgan fingerprint density at radius 3 is 2.81 bits per heavy atom. The molecule has 1 amide bonds. The summed E-state index contributed by atoms with van der Waals surface area (Å²) in [6.45, 7) is 3.02. The van der Waals surface area contributed by atoms with Crippen molar-refractivity contribution in [3.8, 4) is 11.5 Å². The predicted octanol–water partition coefficient (Wildman–Crippen LogP) is 2.47. The molecule has 0 bridgehead atoms. The fourth-order valence-corrected chi connectivity index (χ4v) is 4.63. The monoisotopic (exact) mass is 375 g/mol. The Kier molecular flexibility index (Phi) is 4.69. The van der Waals surface area contributed by atoms with Crippen molar-refractivity contribution >= 4 is 28.2 Å². The summed E-state index contributed by atoms with van der Waals surface area (Å²) in [6, 6.07) is 5.77. The second kappa shape index (κ2) is 7.13. The van der Waals surface area contributed by atoms with Gasteiger partial charge < -0.3 is 24.4 Å². The van der Waals surface area contributed by atoms with Crippen molar-refractivity contribution in [3.63, 3.8) is 0 Å². The van der Waals surface area contributed by atoms with Crippen LogP contribution in [0, 0.1) is 0 Å². The van der Waals surface area contributed by atoms with Gasteiger partial charge in [0.15, 0.2) is 16.6 Å². The van der Waals surface area contributed by atoms with E-state index in [0.717, 1.165) is 28.7 Å². The van der Waals surface area contributed by atoms with Crippen LogP contribution in [0.25, 0.3) is 0 Å². The number of aromatic nitrogens is 1. The fraction of sp³-hybridized carbons (Fsp3) is 0.444. The SMILES string of the molecule is COc1cccc([C@H]2CC(=O)Nc3nc(N4CCOCC4)sc32)c1OC. The summed E-state index contributed by atoms with van der Waals surface area (Å²) >= 11 is 1.63. The summed E-state index contributed by atoms with van der Waals surface area (Å²) < 4.78 is 16.4. The molecule has 0 saturated carbocycles. The zero-order valence-corrected chi connectivity index (χ0v) is 15.6. The van der Waals surface area contributed by atoms with E-state index in [0.29, 0.717) is 37.0 Å². The molecule has 1 N–H and O–H groups in total. The largest absolute Gasteiger partial charge is 0.493 e. The normalized spacial score (nSPS) is 19.7. The molecule has 0 aliphatic carbocycles. The summed E-state index contributed by atoms with van der Waals surface area (Å²) in [5.74, 6) is 1.85. The Morgan fingerprint density at radius 1 is 1.27 bits per heavy atom. The average Bonchev–Trinajstić information content (AvgIpc) is 3.11. The molecule has 1 saturated heterocycles. The summed E-state index contributed by atoms with van der Waals surface area (Å²) in [6.07, 6.45) is 0.362. The Morgan fingerprint density at radius 2 is 2.08 bits per heavy atom. The number of carbonyl (C=O) groups is 1. The van der Waals surface area contributed by atoms with Crippen LogP contribution in [0.4, 0.5) is 10.9 Å². The van der Waals surface area contributed by atoms with Gasteiger partial charge in [0.2, 0.25) is 5.91 Å². The van der Waals surface area contributed by atoms with Crippen LogP contribution >= 0.6 is 11.3 Å². The number of anilines is 2. The van der Waals surface area contributed by atoms with Crippen molar-refractivity contribution in [3.05, 3.63) is 28.6 Å². The third kappa shape index (κ3) is 2.99. The number of nitrogens with zero attached hydrogens (tertiary/aromatic N) is 2. The minimum Gasteiger partial charge on any atom is -0.493 e. The van der Waals surface area contributed by atoms with Gasteiger partial charge in [-0.25, -0.2) is 4.98 Å². The summed E-state index contributed by atoms with van der Waals surface area (Å²) in [4.78, 5) is 20.2. The number of ether oxygens (including phenoxy) is 3. The molecule has 1 atom stereocenters. The Bertz CT molecular complexity index is 817. The molecule has 26 heavy (non-hydrogen) atoms. The minimum absolute atomic E-state index is 0.0359. The molecule has 0 unspecified atom stereocenters. The molecule has 7 nitrogen and oxygen atoms in total. The molecule has 0 spiro atoms. The van der Waals surface area contributed by atoms with E-state index in [-0.39, 0.29) is 11.8 Å². The number of benzene rings is 1. The van der Waals surface area contributed by atoms with Crippen LogP contribution in [-0.4, -0.2) is 51.4 Å². The topological polar surface area (TPSA) is 72.9 Å². The van der Waals surface area contributed by atoms with Crippen LogP contribution in [0.15, 0.2) is 18.2 Å². The Balaban J connectivity index is 1.75. The molecule has 2 aliphatic rings. The highest BCUT2D eigenvalue weighted by Crippen LogP contribution is 2.47. The van der Waals surface area contributed by atoms with E-state index in [1.165, 1.54) is 0 Å². The lowest BCUT2D eigenvalue weighted by molar-refractivity contribution is -0.116. The highest BCUT2D eigenvalue weighted by molar-refractivity contribution is 7.16. The molecule has 1 aromatic carbocycles. The van der Waals surface area contributed by atoms with Gasteiger partial charge in [0, 0.05) is 31.0 Å². The van der Waals surface area contributed by atoms with Crippen molar-refractivity contribution in [2.45, 2.75) is 12.3 Å². The van der Waals surface area contributed by atoms with Crippen LogP contribution in [0.3, 0.4) is 0 Å². The van der Waals surface area contributed by atoms with E-state index in [1.54, 1.807) is 25.6 Å². The maximum atomic E-state index is 12.3. The number of morpholine rings is 1. The lowest BCUT2D eigenvalue weighted by Gasteiger charge is -2.26. The molecular weight excluding hydrogens is 354 g/mol. The van der Waals surface area contributed by atoms with E-state index in [1.807, 2.05) is 18.2 Å². The average molecular weight is 375 g/mol. The maximum absolute atomic E-state index is 12.3. The first-order valence-corrected chi connectivity index (χ1v) is 9.37. The molecule has 2 aliphatic heterocycles. The summed E-state index contributed by atoms with van der Waals surface area (Å²) in [7, 11) is 3.24. The number of hydrogen-bond acceptors (Lipinski definition) is 7. The van der Waals surface area contributed by atoms with Crippen molar-refractivity contribution in [1.29, 1.82) is 0 Å². The molecule has 3 heterocycles. The molecule has 4 rings (SSSR count). The fourth-order valence-electron chi connectivity index (χ4n) is 3.43. The van der Waals surface area contributed by atoms with Gasteiger partial charge in [0.1, 0.15) is 5.82 Å². The second-order valence-corrected chi connectivity index (χ2v) is 7.21. The highest BCUT2D eigenvalue weighted by Gasteiger charge is 2.33. The van der Waals surface area contributed by atoms with Gasteiger partial charge in [0.05, 0.1) is 32.3 Å². The summed E-state index contributed by atoms with van der Waals surface area (Å²) in [5, 5.41) is 3.84. The van der Waals surface area contributed by atoms with E-state index in [2.05, 4.69) is 15.2 Å². The van der Waals surface area contributed by atoms with Crippen molar-refractivity contribution < 1.29 is 19.0 Å². The number of amides is 1. The zero-order chi connectivity index (χ0) is 18.1. The Hall–Kier alpha value is -2.32. The van der Waals surface area contributed by atoms with Crippen LogP contribution in [0.1, 0.15) is 22.8 Å². The number of rotatable bonds is 4. The number of fused-ring (bicyclic) bond motifs is 1. The zero-order valence-electron chi connectivity index (χ0n) is 14.8. The molecular formula is C18H21N3O4S. The number of hydrogen-bond donors (Lipinski definition) is 1. The van der Waals surface area contributed by atoms with E-state index < -0.39 is 0 Å². The standard InChI is InChI=1S/C18H21N3O4S/c1-23-13-5-3-4-11(15(13)24-2)12-10-14(22)19-17-16(12)26-18(20-17)21-6-8-25-9-7-21/h3-5,12H,6-10H2,1-2H3,(H,19,22)/t12-/m1/s1. The smallest absolute Gasteiger partial charge is 0.226 e. The lowest BCUT2D eigenvalue weighted by Crippen LogP contribution is -2.36. The lowest BCUT2D eigenvalue weighted by atomic mass is 9.90. The molecule has 8 heteroatoms. The van der Waals surface area contributed by atoms with Gasteiger partial charge in [0.25, 0.3) is 0 Å². The molecule has 1 aromatic heterocycles. The number of nitrogens with one attached hydrogen (secondary N) is 1. The molecule has 1 fully saturated rings. The Labute approximate surface area is 155 Å². The minimum atomic E-state index is -0.101. The first-order chi connectivity index (χ1) is 12.7. The second-order valence-electron chi connectivity index (χ2n) is 6.20. The molecule has 138 valence electrons. The van der Waals surface area contributed by atoms with Crippen LogP contribution < -0.4 is 19.7 Å². The van der Waals surface area contributed by atoms with Gasteiger partial charge in [-0.15, -0.1) is 0 Å². The number of para-hydroxylation sites is 1. The first kappa shape index (κ1) is 17.1. The molecule has 2 aromatic rings. The summed E-state index contributed by atoms with van der Waals surface area (Å²) in [5.41, 5.74) is 0.945. The quantitative estimate of drug-likeness (QED) is 0.885. The van der Waals surface area contributed by atoms with Gasteiger partial charge in [-0.2, -0.15) is 0 Å². The van der Waals surface area contributed by atoms with Crippen LogP contribution in [0.2, 0.25) is 0 Å². The number of methoxy groups -OCH3 is 2. The van der Waals surface area contributed by atoms with Crippen molar-refractivity contribution in [1.82, 2.24) is 4.98 Å². The van der Waals surface area contributed by atoms with Gasteiger partial charge >= 0.3 is 0 Å². The highest BCUT2D eigenvalue weighted by atomic mass is 32.1. The van der Waals surface area contributed by atoms with Crippen LogP contribution in [0.5, 0.6) is 11.5 Å². The van der Waals surface area contributed by atoms with Crippen LogP contribution in [-0.2, 0) is 9.53 Å². The van der Waals surface area contributed by atoms with Gasteiger partial charge in [-0.3, -0.25) is 4.79 Å². The predicted molar refractivity (Wildman–Crippen MR) is 99.8 cm³/mol.